The van der Waals surface area contributed by atoms with Gasteiger partial charge in [0.2, 0.25) is 5.91 Å². The number of nitrogens with zero attached hydrogens (tertiary/aromatic N) is 2. The van der Waals surface area contributed by atoms with Gasteiger partial charge in [-0.15, -0.1) is 0 Å². The Morgan fingerprint density at radius 3 is 3.00 bits per heavy atom. The predicted molar refractivity (Wildman–Crippen MR) is 82.6 cm³/mol. The van der Waals surface area contributed by atoms with Crippen LogP contribution in [0.15, 0.2) is 35.7 Å². The molecule has 0 saturated carbocycles. The standard InChI is InChI=1S/C14H17FN4OS/c1-19-7-6-17-14(19)21-8-2-3-13(20)18-10-4-5-11(15)12(16)9-10/h4-7,9H,2-3,8,16H2,1H3,(H,18,20). The van der Waals surface area contributed by atoms with Crippen molar-refractivity contribution in [2.24, 2.45) is 7.05 Å². The minimum absolute atomic E-state index is 0.0261. The highest BCUT2D eigenvalue weighted by Gasteiger charge is 2.06. The Morgan fingerprint density at radius 2 is 2.33 bits per heavy atom. The van der Waals surface area contributed by atoms with Gasteiger partial charge in [0.05, 0.1) is 5.69 Å². The summed E-state index contributed by atoms with van der Waals surface area (Å²) in [6.07, 6.45) is 4.76. The van der Waals surface area contributed by atoms with Crippen molar-refractivity contribution in [3.05, 3.63) is 36.4 Å². The van der Waals surface area contributed by atoms with E-state index in [1.54, 1.807) is 18.0 Å². The van der Waals surface area contributed by atoms with E-state index in [9.17, 15) is 9.18 Å². The molecular weight excluding hydrogens is 291 g/mol. The van der Waals surface area contributed by atoms with E-state index in [2.05, 4.69) is 10.3 Å². The van der Waals surface area contributed by atoms with E-state index in [-0.39, 0.29) is 11.6 Å². The number of hydrogen-bond donors (Lipinski definition) is 2. The lowest BCUT2D eigenvalue weighted by Crippen LogP contribution is -2.11. The fraction of sp³-hybridized carbons (Fsp3) is 0.286. The summed E-state index contributed by atoms with van der Waals surface area (Å²) in [4.78, 5) is 16.0. The van der Waals surface area contributed by atoms with Crippen molar-refractivity contribution in [2.45, 2.75) is 18.0 Å². The predicted octanol–water partition coefficient (Wildman–Crippen LogP) is 2.65. The molecule has 0 saturated heterocycles. The second-order valence-electron chi connectivity index (χ2n) is 4.56. The summed E-state index contributed by atoms with van der Waals surface area (Å²) in [5, 5.41) is 3.63. The minimum Gasteiger partial charge on any atom is -0.396 e. The quantitative estimate of drug-likeness (QED) is 0.489. The van der Waals surface area contributed by atoms with E-state index in [4.69, 9.17) is 5.73 Å². The van der Waals surface area contributed by atoms with Crippen LogP contribution in [0.3, 0.4) is 0 Å². The maximum atomic E-state index is 13.0. The van der Waals surface area contributed by atoms with Gasteiger partial charge >= 0.3 is 0 Å². The molecule has 0 fully saturated rings. The zero-order valence-electron chi connectivity index (χ0n) is 11.7. The van der Waals surface area contributed by atoms with Crippen LogP contribution < -0.4 is 11.1 Å². The van der Waals surface area contributed by atoms with Gasteiger partial charge in [-0.1, -0.05) is 11.8 Å². The average molecular weight is 308 g/mol. The summed E-state index contributed by atoms with van der Waals surface area (Å²) in [5.74, 6) is 0.213. The zero-order valence-corrected chi connectivity index (χ0v) is 12.5. The van der Waals surface area contributed by atoms with E-state index in [1.807, 2.05) is 17.8 Å². The third-order valence-corrected chi connectivity index (χ3v) is 3.98. The molecule has 0 unspecified atom stereocenters. The van der Waals surface area contributed by atoms with Crippen LogP contribution in [0.1, 0.15) is 12.8 Å². The first-order chi connectivity index (χ1) is 10.1. The highest BCUT2D eigenvalue weighted by molar-refractivity contribution is 7.99. The summed E-state index contributed by atoms with van der Waals surface area (Å²) in [5.41, 5.74) is 5.98. The molecule has 2 aromatic rings. The number of hydrogen-bond acceptors (Lipinski definition) is 4. The van der Waals surface area contributed by atoms with Gasteiger partial charge in [-0.3, -0.25) is 4.79 Å². The van der Waals surface area contributed by atoms with Gasteiger partial charge in [-0.25, -0.2) is 9.37 Å². The number of anilines is 2. The molecule has 0 bridgehead atoms. The van der Waals surface area contributed by atoms with Gasteiger partial charge in [-0.2, -0.15) is 0 Å². The van der Waals surface area contributed by atoms with Crippen molar-refractivity contribution in [1.29, 1.82) is 0 Å². The van der Waals surface area contributed by atoms with Crippen molar-refractivity contribution in [1.82, 2.24) is 9.55 Å². The lowest BCUT2D eigenvalue weighted by atomic mass is 10.2. The van der Waals surface area contributed by atoms with Crippen LogP contribution in [-0.2, 0) is 11.8 Å². The van der Waals surface area contributed by atoms with Crippen molar-refractivity contribution >= 4 is 29.0 Å². The number of benzene rings is 1. The molecule has 5 nitrogen and oxygen atoms in total. The maximum Gasteiger partial charge on any atom is 0.224 e. The second-order valence-corrected chi connectivity index (χ2v) is 5.62. The fourth-order valence-electron chi connectivity index (χ4n) is 1.73. The smallest absolute Gasteiger partial charge is 0.224 e. The molecule has 21 heavy (non-hydrogen) atoms. The van der Waals surface area contributed by atoms with Crippen molar-refractivity contribution in [3.8, 4) is 0 Å². The van der Waals surface area contributed by atoms with Crippen LogP contribution >= 0.6 is 11.8 Å². The Hall–Kier alpha value is -2.02. The van der Waals surface area contributed by atoms with Crippen molar-refractivity contribution < 1.29 is 9.18 Å². The number of nitrogens with two attached hydrogens (primary N) is 1. The molecule has 2 rings (SSSR count). The van der Waals surface area contributed by atoms with E-state index in [1.165, 1.54) is 18.2 Å². The Bertz CT molecular complexity index is 629. The number of rotatable bonds is 6. The molecule has 1 amide bonds. The van der Waals surface area contributed by atoms with Crippen molar-refractivity contribution in [2.75, 3.05) is 16.8 Å². The first-order valence-corrected chi connectivity index (χ1v) is 7.50. The molecule has 112 valence electrons. The maximum absolute atomic E-state index is 13.0. The molecule has 1 heterocycles. The van der Waals surface area contributed by atoms with Gasteiger partial charge < -0.3 is 15.6 Å². The monoisotopic (exact) mass is 308 g/mol. The number of thioether (sulfide) groups is 1. The number of amides is 1. The molecule has 0 atom stereocenters. The number of nitrogens with one attached hydrogen (secondary N) is 1. The minimum atomic E-state index is -0.487. The third kappa shape index (κ3) is 4.49. The number of aryl methyl sites for hydroxylation is 1. The summed E-state index contributed by atoms with van der Waals surface area (Å²) in [6, 6.07) is 4.14. The second kappa shape index (κ2) is 7.12. The van der Waals surface area contributed by atoms with Gasteiger partial charge in [0.25, 0.3) is 0 Å². The topological polar surface area (TPSA) is 72.9 Å². The summed E-state index contributed by atoms with van der Waals surface area (Å²) in [6.45, 7) is 0. The van der Waals surface area contributed by atoms with Gasteiger partial charge in [0, 0.05) is 37.3 Å². The summed E-state index contributed by atoms with van der Waals surface area (Å²) < 4.78 is 14.9. The van der Waals surface area contributed by atoms with Crippen LogP contribution in [0.4, 0.5) is 15.8 Å². The number of aromatic nitrogens is 2. The third-order valence-electron chi connectivity index (χ3n) is 2.84. The molecule has 7 heteroatoms. The summed E-state index contributed by atoms with van der Waals surface area (Å²) in [7, 11) is 1.93. The zero-order chi connectivity index (χ0) is 15.2. The average Bonchev–Trinajstić information content (AvgIpc) is 2.85. The number of nitrogen functional groups attached to an aromatic ring is 1. The first-order valence-electron chi connectivity index (χ1n) is 6.51. The Morgan fingerprint density at radius 1 is 1.52 bits per heavy atom. The van der Waals surface area contributed by atoms with E-state index >= 15 is 0 Å². The SMILES string of the molecule is Cn1ccnc1SCCCC(=O)Nc1ccc(F)c(N)c1. The Kier molecular flexibility index (Phi) is 5.21. The Labute approximate surface area is 126 Å². The molecule has 1 aromatic carbocycles. The largest absolute Gasteiger partial charge is 0.396 e. The molecule has 3 N–H and O–H groups in total. The lowest BCUT2D eigenvalue weighted by molar-refractivity contribution is -0.116. The molecule has 0 aliphatic rings. The molecule has 0 radical (unpaired) electrons. The highest BCUT2D eigenvalue weighted by Crippen LogP contribution is 2.18. The number of carbonyl (C=O) groups is 1. The molecule has 1 aromatic heterocycles. The normalized spacial score (nSPS) is 10.6. The molecule has 0 spiro atoms. The van der Waals surface area contributed by atoms with Crippen molar-refractivity contribution in [3.63, 3.8) is 0 Å². The molecule has 0 aliphatic carbocycles. The fourth-order valence-corrected chi connectivity index (χ4v) is 2.60. The number of halogens is 1. The van der Waals surface area contributed by atoms with E-state index in [0.717, 1.165) is 17.3 Å². The number of imidazole rings is 1. The highest BCUT2D eigenvalue weighted by atomic mass is 32.2. The first kappa shape index (κ1) is 15.4. The van der Waals surface area contributed by atoms with E-state index in [0.29, 0.717) is 12.1 Å². The van der Waals surface area contributed by atoms with E-state index < -0.39 is 5.82 Å². The van der Waals surface area contributed by atoms with Gasteiger partial charge in [0.15, 0.2) is 5.16 Å². The number of carbonyl (C=O) groups excluding carboxylic acids is 1. The summed E-state index contributed by atoms with van der Waals surface area (Å²) >= 11 is 1.61. The lowest BCUT2D eigenvalue weighted by Gasteiger charge is -2.06. The Balaban J connectivity index is 1.72. The molecular formula is C14H17FN4OS. The van der Waals surface area contributed by atoms with Crippen LogP contribution in [-0.4, -0.2) is 21.2 Å². The van der Waals surface area contributed by atoms with Crippen LogP contribution in [0.2, 0.25) is 0 Å². The molecule has 0 aliphatic heterocycles. The van der Waals surface area contributed by atoms with Crippen LogP contribution in [0.25, 0.3) is 0 Å². The van der Waals surface area contributed by atoms with Crippen LogP contribution in [0, 0.1) is 5.82 Å². The van der Waals surface area contributed by atoms with Gasteiger partial charge in [-0.05, 0) is 24.6 Å². The van der Waals surface area contributed by atoms with Crippen LogP contribution in [0.5, 0.6) is 0 Å². The van der Waals surface area contributed by atoms with Gasteiger partial charge in [0.1, 0.15) is 5.82 Å².